The fourth-order valence-electron chi connectivity index (χ4n) is 0.989. The number of amides is 1. The van der Waals surface area contributed by atoms with Gasteiger partial charge in [-0.2, -0.15) is 0 Å². The second-order valence-corrected chi connectivity index (χ2v) is 2.47. The Labute approximate surface area is 75.2 Å². The molecule has 0 aliphatic rings. The Morgan fingerprint density at radius 3 is 2.46 bits per heavy atom. The summed E-state index contributed by atoms with van der Waals surface area (Å²) in [6.45, 7) is 0. The smallest absolute Gasteiger partial charge is 0.405 e. The number of benzene rings is 1. The average Bonchev–Trinajstić information content (AvgIpc) is 2.15. The van der Waals surface area contributed by atoms with Crippen LogP contribution < -0.4 is 5.32 Å². The molecule has 0 bridgehead atoms. The second-order valence-electron chi connectivity index (χ2n) is 2.47. The summed E-state index contributed by atoms with van der Waals surface area (Å²) >= 11 is 0. The molecule has 1 amide bonds. The minimum absolute atomic E-state index is 0.559. The van der Waals surface area contributed by atoms with Gasteiger partial charge in [-0.15, -0.1) is 0 Å². The molecule has 0 heterocycles. The van der Waals surface area contributed by atoms with E-state index >= 15 is 0 Å². The predicted molar refractivity (Wildman–Crippen MR) is 46.4 cm³/mol. The average molecular weight is 179 g/mol. The summed E-state index contributed by atoms with van der Waals surface area (Å²) in [7, 11) is 0. The minimum atomic E-state index is -1.21. The first-order valence-corrected chi connectivity index (χ1v) is 3.73. The molecular weight excluding hydrogens is 170 g/mol. The lowest BCUT2D eigenvalue weighted by Crippen LogP contribution is -2.27. The molecule has 1 aromatic carbocycles. The van der Waals surface area contributed by atoms with E-state index in [1.54, 1.807) is 30.3 Å². The van der Waals surface area contributed by atoms with E-state index in [-0.39, 0.29) is 0 Å². The van der Waals surface area contributed by atoms with Crippen molar-refractivity contribution >= 4 is 12.4 Å². The zero-order chi connectivity index (χ0) is 9.68. The Hall–Kier alpha value is -1.84. The SMILES string of the molecule is O=CC(NC(=O)O)c1ccccc1. The molecule has 1 rings (SSSR count). The maximum atomic E-state index is 10.5. The molecule has 4 heteroatoms. The van der Waals surface area contributed by atoms with E-state index in [1.165, 1.54) is 0 Å². The third-order valence-corrected chi connectivity index (χ3v) is 1.57. The monoisotopic (exact) mass is 179 g/mol. The van der Waals surface area contributed by atoms with Crippen LogP contribution in [-0.4, -0.2) is 17.5 Å². The van der Waals surface area contributed by atoms with Crippen LogP contribution in [-0.2, 0) is 4.79 Å². The number of nitrogens with one attached hydrogen (secondary N) is 1. The summed E-state index contributed by atoms with van der Waals surface area (Å²) < 4.78 is 0. The van der Waals surface area contributed by atoms with E-state index in [1.807, 2.05) is 0 Å². The number of aldehydes is 1. The third-order valence-electron chi connectivity index (χ3n) is 1.57. The summed E-state index contributed by atoms with van der Waals surface area (Å²) in [5, 5.41) is 10.5. The molecule has 0 aliphatic carbocycles. The van der Waals surface area contributed by atoms with Crippen LogP contribution in [0.1, 0.15) is 11.6 Å². The molecule has 1 aromatic rings. The number of carbonyl (C=O) groups excluding carboxylic acids is 1. The van der Waals surface area contributed by atoms with Crippen molar-refractivity contribution in [1.82, 2.24) is 5.32 Å². The first-order valence-electron chi connectivity index (χ1n) is 3.73. The van der Waals surface area contributed by atoms with Crippen molar-refractivity contribution in [3.63, 3.8) is 0 Å². The molecule has 2 N–H and O–H groups in total. The van der Waals surface area contributed by atoms with E-state index in [2.05, 4.69) is 5.32 Å². The first-order chi connectivity index (χ1) is 6.24. The molecule has 13 heavy (non-hydrogen) atoms. The van der Waals surface area contributed by atoms with Crippen molar-refractivity contribution < 1.29 is 14.7 Å². The number of hydrogen-bond donors (Lipinski definition) is 2. The van der Waals surface area contributed by atoms with Gasteiger partial charge in [0.25, 0.3) is 0 Å². The number of rotatable bonds is 3. The Bertz CT molecular complexity index is 297. The molecule has 0 saturated carbocycles. The summed E-state index contributed by atoms with van der Waals surface area (Å²) in [4.78, 5) is 20.8. The summed E-state index contributed by atoms with van der Waals surface area (Å²) in [5.74, 6) is 0. The standard InChI is InChI=1S/C9H9NO3/c11-6-8(10-9(12)13)7-4-2-1-3-5-7/h1-6,8,10H,(H,12,13). The van der Waals surface area contributed by atoms with Crippen LogP contribution >= 0.6 is 0 Å². The van der Waals surface area contributed by atoms with Gasteiger partial charge in [-0.3, -0.25) is 0 Å². The van der Waals surface area contributed by atoms with Gasteiger partial charge < -0.3 is 15.2 Å². The first kappa shape index (κ1) is 9.25. The van der Waals surface area contributed by atoms with E-state index in [0.29, 0.717) is 11.8 Å². The zero-order valence-electron chi connectivity index (χ0n) is 6.81. The van der Waals surface area contributed by atoms with Gasteiger partial charge in [0, 0.05) is 0 Å². The summed E-state index contributed by atoms with van der Waals surface area (Å²) in [6.07, 6.45) is -0.648. The van der Waals surface area contributed by atoms with Gasteiger partial charge in [0.1, 0.15) is 12.3 Å². The number of carbonyl (C=O) groups is 2. The quantitative estimate of drug-likeness (QED) is 0.685. The highest BCUT2D eigenvalue weighted by Crippen LogP contribution is 2.08. The van der Waals surface area contributed by atoms with Crippen LogP contribution in [0.2, 0.25) is 0 Å². The zero-order valence-corrected chi connectivity index (χ0v) is 6.81. The van der Waals surface area contributed by atoms with Crippen molar-refractivity contribution in [3.8, 4) is 0 Å². The highest BCUT2D eigenvalue weighted by Gasteiger charge is 2.11. The van der Waals surface area contributed by atoms with Crippen molar-refractivity contribution in [2.24, 2.45) is 0 Å². The van der Waals surface area contributed by atoms with Crippen LogP contribution in [0.25, 0.3) is 0 Å². The molecule has 0 aromatic heterocycles. The molecular formula is C9H9NO3. The topological polar surface area (TPSA) is 66.4 Å². The maximum Gasteiger partial charge on any atom is 0.405 e. The van der Waals surface area contributed by atoms with Gasteiger partial charge in [-0.25, -0.2) is 4.79 Å². The van der Waals surface area contributed by atoms with Crippen LogP contribution in [0.4, 0.5) is 4.79 Å². The molecule has 1 atom stereocenters. The van der Waals surface area contributed by atoms with Gasteiger partial charge in [0.15, 0.2) is 0 Å². The lowest BCUT2D eigenvalue weighted by atomic mass is 10.1. The summed E-state index contributed by atoms with van der Waals surface area (Å²) in [5.41, 5.74) is 0.639. The molecule has 0 aliphatic heterocycles. The van der Waals surface area contributed by atoms with Gasteiger partial charge in [-0.1, -0.05) is 30.3 Å². The molecule has 68 valence electrons. The van der Waals surface area contributed by atoms with Crippen molar-refractivity contribution in [2.75, 3.05) is 0 Å². The van der Waals surface area contributed by atoms with Crippen LogP contribution in [0.15, 0.2) is 30.3 Å². The predicted octanol–water partition coefficient (Wildman–Crippen LogP) is 1.19. The van der Waals surface area contributed by atoms with E-state index in [4.69, 9.17) is 5.11 Å². The fraction of sp³-hybridized carbons (Fsp3) is 0.111. The van der Waals surface area contributed by atoms with E-state index in [0.717, 1.165) is 0 Å². The lowest BCUT2D eigenvalue weighted by Gasteiger charge is -2.09. The largest absolute Gasteiger partial charge is 0.465 e. The van der Waals surface area contributed by atoms with Gasteiger partial charge in [0.05, 0.1) is 0 Å². The van der Waals surface area contributed by atoms with Crippen LogP contribution in [0.5, 0.6) is 0 Å². The maximum absolute atomic E-state index is 10.5. The van der Waals surface area contributed by atoms with Gasteiger partial charge in [0.2, 0.25) is 0 Å². The second kappa shape index (κ2) is 4.25. The van der Waals surface area contributed by atoms with Crippen molar-refractivity contribution in [1.29, 1.82) is 0 Å². The lowest BCUT2D eigenvalue weighted by molar-refractivity contribution is -0.109. The Balaban J connectivity index is 2.78. The highest BCUT2D eigenvalue weighted by atomic mass is 16.4. The van der Waals surface area contributed by atoms with Crippen LogP contribution in [0, 0.1) is 0 Å². The Kier molecular flexibility index (Phi) is 3.03. The molecule has 4 nitrogen and oxygen atoms in total. The molecule has 0 saturated heterocycles. The normalized spacial score (nSPS) is 11.7. The van der Waals surface area contributed by atoms with E-state index in [9.17, 15) is 9.59 Å². The van der Waals surface area contributed by atoms with Crippen molar-refractivity contribution in [3.05, 3.63) is 35.9 Å². The van der Waals surface area contributed by atoms with Gasteiger partial charge >= 0.3 is 6.09 Å². The van der Waals surface area contributed by atoms with Crippen molar-refractivity contribution in [2.45, 2.75) is 6.04 Å². The highest BCUT2D eigenvalue weighted by molar-refractivity contribution is 5.72. The minimum Gasteiger partial charge on any atom is -0.465 e. The number of hydrogen-bond acceptors (Lipinski definition) is 2. The molecule has 1 unspecified atom stereocenters. The third kappa shape index (κ3) is 2.59. The van der Waals surface area contributed by atoms with Crippen LogP contribution in [0.3, 0.4) is 0 Å². The fourth-order valence-corrected chi connectivity index (χ4v) is 0.989. The van der Waals surface area contributed by atoms with Gasteiger partial charge in [-0.05, 0) is 5.56 Å². The Morgan fingerprint density at radius 2 is 2.00 bits per heavy atom. The molecule has 0 spiro atoms. The molecule has 0 radical (unpaired) electrons. The molecule has 0 fully saturated rings. The Morgan fingerprint density at radius 1 is 1.38 bits per heavy atom. The summed E-state index contributed by atoms with van der Waals surface area (Å²) in [6, 6.07) is 7.89. The van der Waals surface area contributed by atoms with E-state index < -0.39 is 12.1 Å². The number of carboxylic acid groups (broad SMARTS) is 1.